The number of carbonyl (C=O) groups is 2. The number of urea groups is 1. The van der Waals surface area contributed by atoms with E-state index in [4.69, 9.17) is 5.84 Å². The molecule has 0 heterocycles. The molecule has 0 aliphatic carbocycles. The van der Waals surface area contributed by atoms with Gasteiger partial charge in [-0.25, -0.2) is 15.0 Å². The van der Waals surface area contributed by atoms with Crippen molar-refractivity contribution in [2.45, 2.75) is 6.18 Å². The number of halogens is 4. The Labute approximate surface area is 97.9 Å². The molecule has 0 saturated carbocycles. The predicted octanol–water partition coefficient (Wildman–Crippen LogP) is 1.24. The summed E-state index contributed by atoms with van der Waals surface area (Å²) in [5.41, 5.74) is 2.56. The van der Waals surface area contributed by atoms with E-state index in [9.17, 15) is 27.2 Å². The summed E-state index contributed by atoms with van der Waals surface area (Å²) in [6.45, 7) is 0. The van der Waals surface area contributed by atoms with Gasteiger partial charge in [0.05, 0.1) is 5.56 Å². The lowest BCUT2D eigenvalue weighted by Crippen LogP contribution is -2.45. The third-order valence-electron chi connectivity index (χ3n) is 1.93. The molecule has 1 rings (SSSR count). The summed E-state index contributed by atoms with van der Waals surface area (Å²) in [5.74, 6) is 2.28. The number of benzene rings is 1. The van der Waals surface area contributed by atoms with Crippen molar-refractivity contribution < 1.29 is 27.2 Å². The molecule has 0 aliphatic rings. The van der Waals surface area contributed by atoms with Crippen molar-refractivity contribution in [2.75, 3.05) is 0 Å². The van der Waals surface area contributed by atoms with Crippen LogP contribution in [0.1, 0.15) is 15.9 Å². The minimum absolute atomic E-state index is 0.116. The van der Waals surface area contributed by atoms with Crippen LogP contribution in [0.15, 0.2) is 18.2 Å². The standard InChI is InChI=1S/C9H7F4N3O2/c10-6-2-4(7(17)16(15)8(14)18)1-5(3-6)9(11,12)13/h1-3H,15H2,(H2,14,18). The van der Waals surface area contributed by atoms with E-state index in [0.717, 1.165) is 0 Å². The lowest BCUT2D eigenvalue weighted by atomic mass is 10.1. The van der Waals surface area contributed by atoms with Gasteiger partial charge in [-0.1, -0.05) is 0 Å². The van der Waals surface area contributed by atoms with Crippen LogP contribution in [0.3, 0.4) is 0 Å². The highest BCUT2D eigenvalue weighted by molar-refractivity contribution is 6.03. The van der Waals surface area contributed by atoms with Gasteiger partial charge in [0.15, 0.2) is 0 Å². The minimum atomic E-state index is -4.83. The summed E-state index contributed by atoms with van der Waals surface area (Å²) in [6.07, 6.45) is -4.83. The highest BCUT2D eigenvalue weighted by atomic mass is 19.4. The zero-order valence-corrected chi connectivity index (χ0v) is 8.66. The Morgan fingerprint density at radius 1 is 1.17 bits per heavy atom. The number of carbonyl (C=O) groups excluding carboxylic acids is 2. The second-order valence-electron chi connectivity index (χ2n) is 3.24. The first kappa shape index (κ1) is 13.9. The highest BCUT2D eigenvalue weighted by Gasteiger charge is 2.32. The van der Waals surface area contributed by atoms with Gasteiger partial charge in [-0.2, -0.15) is 18.2 Å². The number of amides is 3. The van der Waals surface area contributed by atoms with Crippen LogP contribution in [0.4, 0.5) is 22.4 Å². The summed E-state index contributed by atoms with van der Waals surface area (Å²) < 4.78 is 50.0. The molecular formula is C9H7F4N3O2. The van der Waals surface area contributed by atoms with Crippen molar-refractivity contribution in [3.8, 4) is 0 Å². The molecule has 0 bridgehead atoms. The van der Waals surface area contributed by atoms with Gasteiger partial charge >= 0.3 is 12.2 Å². The van der Waals surface area contributed by atoms with Crippen LogP contribution >= 0.6 is 0 Å². The number of primary amides is 1. The highest BCUT2D eigenvalue weighted by Crippen LogP contribution is 2.30. The molecule has 0 aliphatic heterocycles. The second-order valence-corrected chi connectivity index (χ2v) is 3.24. The van der Waals surface area contributed by atoms with Crippen LogP contribution in [-0.2, 0) is 6.18 Å². The quantitative estimate of drug-likeness (QED) is 0.346. The zero-order chi connectivity index (χ0) is 14.1. The van der Waals surface area contributed by atoms with E-state index in [1.165, 1.54) is 0 Å². The van der Waals surface area contributed by atoms with E-state index in [-0.39, 0.29) is 11.1 Å². The normalized spacial score (nSPS) is 11.2. The number of alkyl halides is 3. The lowest BCUT2D eigenvalue weighted by Gasteiger charge is -2.13. The molecule has 98 valence electrons. The second kappa shape index (κ2) is 4.61. The van der Waals surface area contributed by atoms with Crippen LogP contribution in [-0.4, -0.2) is 16.9 Å². The van der Waals surface area contributed by atoms with Crippen LogP contribution < -0.4 is 11.6 Å². The molecule has 18 heavy (non-hydrogen) atoms. The van der Waals surface area contributed by atoms with E-state index in [2.05, 4.69) is 5.73 Å². The first-order chi connectivity index (χ1) is 8.12. The summed E-state index contributed by atoms with van der Waals surface area (Å²) in [6, 6.07) is -0.283. The van der Waals surface area contributed by atoms with Crippen LogP contribution in [0.2, 0.25) is 0 Å². The molecule has 9 heteroatoms. The maximum atomic E-state index is 13.0. The van der Waals surface area contributed by atoms with E-state index in [0.29, 0.717) is 12.1 Å². The van der Waals surface area contributed by atoms with E-state index < -0.39 is 35.1 Å². The van der Waals surface area contributed by atoms with E-state index >= 15 is 0 Å². The Morgan fingerprint density at radius 3 is 2.17 bits per heavy atom. The fraction of sp³-hybridized carbons (Fsp3) is 0.111. The molecular weight excluding hydrogens is 258 g/mol. The molecule has 3 amide bonds. The van der Waals surface area contributed by atoms with Crippen LogP contribution in [0, 0.1) is 5.82 Å². The maximum Gasteiger partial charge on any atom is 0.416 e. The van der Waals surface area contributed by atoms with Crippen molar-refractivity contribution >= 4 is 11.9 Å². The van der Waals surface area contributed by atoms with Gasteiger partial charge in [0, 0.05) is 5.56 Å². The van der Waals surface area contributed by atoms with E-state index in [1.807, 2.05) is 0 Å². The number of rotatable bonds is 1. The first-order valence-electron chi connectivity index (χ1n) is 4.39. The molecule has 0 spiro atoms. The Bertz CT molecular complexity index is 501. The van der Waals surface area contributed by atoms with Crippen molar-refractivity contribution in [1.29, 1.82) is 0 Å². The Hall–Kier alpha value is -2.16. The van der Waals surface area contributed by atoms with E-state index in [1.54, 1.807) is 0 Å². The van der Waals surface area contributed by atoms with Gasteiger partial charge < -0.3 is 5.73 Å². The summed E-state index contributed by atoms with van der Waals surface area (Å²) in [5, 5.41) is -0.116. The van der Waals surface area contributed by atoms with Crippen molar-refractivity contribution in [1.82, 2.24) is 5.01 Å². The monoisotopic (exact) mass is 265 g/mol. The molecule has 0 unspecified atom stereocenters. The number of hydrazine groups is 1. The third-order valence-corrected chi connectivity index (χ3v) is 1.93. The van der Waals surface area contributed by atoms with Crippen LogP contribution in [0.5, 0.6) is 0 Å². The molecule has 0 saturated heterocycles. The zero-order valence-electron chi connectivity index (χ0n) is 8.66. The molecule has 0 atom stereocenters. The molecule has 0 fully saturated rings. The molecule has 0 aromatic heterocycles. The van der Waals surface area contributed by atoms with Crippen molar-refractivity contribution in [3.63, 3.8) is 0 Å². The fourth-order valence-electron chi connectivity index (χ4n) is 1.12. The van der Waals surface area contributed by atoms with Gasteiger partial charge in [-0.15, -0.1) is 0 Å². The van der Waals surface area contributed by atoms with Crippen LogP contribution in [0.25, 0.3) is 0 Å². The number of imide groups is 1. The molecule has 1 aromatic rings. The fourth-order valence-corrected chi connectivity index (χ4v) is 1.12. The lowest BCUT2D eigenvalue weighted by molar-refractivity contribution is -0.137. The maximum absolute atomic E-state index is 13.0. The van der Waals surface area contributed by atoms with Gasteiger partial charge in [0.25, 0.3) is 5.91 Å². The Kier molecular flexibility index (Phi) is 3.56. The van der Waals surface area contributed by atoms with Crippen molar-refractivity contribution in [2.24, 2.45) is 11.6 Å². The summed E-state index contributed by atoms with van der Waals surface area (Å²) in [4.78, 5) is 22.0. The number of nitrogens with two attached hydrogens (primary N) is 2. The minimum Gasteiger partial charge on any atom is -0.350 e. The number of nitrogens with zero attached hydrogens (tertiary/aromatic N) is 1. The molecule has 1 aromatic carbocycles. The third kappa shape index (κ3) is 2.94. The van der Waals surface area contributed by atoms with Gasteiger partial charge in [0.2, 0.25) is 0 Å². The van der Waals surface area contributed by atoms with Gasteiger partial charge in [0.1, 0.15) is 5.82 Å². The smallest absolute Gasteiger partial charge is 0.350 e. The SMILES string of the molecule is NC(=O)N(N)C(=O)c1cc(F)cc(C(F)(F)F)c1. The van der Waals surface area contributed by atoms with Gasteiger partial charge in [-0.3, -0.25) is 4.79 Å². The number of hydrogen-bond acceptors (Lipinski definition) is 3. The topological polar surface area (TPSA) is 89.4 Å². The molecule has 0 radical (unpaired) electrons. The molecule has 4 N–H and O–H groups in total. The summed E-state index contributed by atoms with van der Waals surface area (Å²) >= 11 is 0. The number of hydrogen-bond donors (Lipinski definition) is 2. The predicted molar refractivity (Wildman–Crippen MR) is 51.3 cm³/mol. The molecule has 5 nitrogen and oxygen atoms in total. The largest absolute Gasteiger partial charge is 0.416 e. The average Bonchev–Trinajstić information content (AvgIpc) is 2.24. The van der Waals surface area contributed by atoms with Gasteiger partial charge in [-0.05, 0) is 18.2 Å². The summed E-state index contributed by atoms with van der Waals surface area (Å²) in [7, 11) is 0. The first-order valence-corrected chi connectivity index (χ1v) is 4.39. The Balaban J connectivity index is 3.23. The Morgan fingerprint density at radius 2 is 1.72 bits per heavy atom. The average molecular weight is 265 g/mol. The van der Waals surface area contributed by atoms with Crippen molar-refractivity contribution in [3.05, 3.63) is 35.1 Å².